The van der Waals surface area contributed by atoms with Crippen LogP contribution in [0.4, 0.5) is 0 Å². The van der Waals surface area contributed by atoms with E-state index in [9.17, 15) is 4.79 Å². The fourth-order valence-corrected chi connectivity index (χ4v) is 2.04. The summed E-state index contributed by atoms with van der Waals surface area (Å²) in [6, 6.07) is 7.37. The number of amides is 1. The first kappa shape index (κ1) is 14.7. The van der Waals surface area contributed by atoms with Gasteiger partial charge in [-0.2, -0.15) is 0 Å². The van der Waals surface area contributed by atoms with Crippen LogP contribution in [0.25, 0.3) is 0 Å². The molecule has 1 N–H and O–H groups in total. The molecule has 1 aliphatic heterocycles. The molecule has 2 atom stereocenters. The standard InChI is InChI=1S/C15H21NO4/c1-3-18-10-6-9-16-15(17)14-11(2)19-12-7-4-5-8-13(12)20-14/h4-5,7-8,11,14H,3,6,9-10H2,1-2H3,(H,16,17). The van der Waals surface area contributed by atoms with E-state index in [0.717, 1.165) is 6.42 Å². The van der Waals surface area contributed by atoms with Crippen molar-refractivity contribution in [1.82, 2.24) is 5.32 Å². The van der Waals surface area contributed by atoms with Gasteiger partial charge in [-0.3, -0.25) is 4.79 Å². The molecule has 0 saturated heterocycles. The minimum absolute atomic E-state index is 0.150. The highest BCUT2D eigenvalue weighted by Gasteiger charge is 2.33. The van der Waals surface area contributed by atoms with E-state index in [1.54, 1.807) is 6.07 Å². The Balaban J connectivity index is 1.85. The number of fused-ring (bicyclic) bond motifs is 1. The van der Waals surface area contributed by atoms with E-state index in [1.807, 2.05) is 32.0 Å². The maximum atomic E-state index is 12.1. The molecule has 1 amide bonds. The molecule has 0 spiro atoms. The number of hydrogen-bond donors (Lipinski definition) is 1. The zero-order chi connectivity index (χ0) is 14.4. The van der Waals surface area contributed by atoms with Crippen molar-refractivity contribution in [3.05, 3.63) is 24.3 Å². The molecule has 2 unspecified atom stereocenters. The molecule has 1 aromatic rings. The summed E-state index contributed by atoms with van der Waals surface area (Å²) >= 11 is 0. The van der Waals surface area contributed by atoms with Gasteiger partial charge in [0.1, 0.15) is 6.10 Å². The van der Waals surface area contributed by atoms with Gasteiger partial charge in [0.15, 0.2) is 11.5 Å². The highest BCUT2D eigenvalue weighted by molar-refractivity contribution is 5.82. The van der Waals surface area contributed by atoms with Gasteiger partial charge in [0, 0.05) is 19.8 Å². The van der Waals surface area contributed by atoms with Gasteiger partial charge in [-0.25, -0.2) is 0 Å². The normalized spacial score (nSPS) is 20.5. The van der Waals surface area contributed by atoms with E-state index in [4.69, 9.17) is 14.2 Å². The van der Waals surface area contributed by atoms with Gasteiger partial charge in [0.25, 0.3) is 5.91 Å². The second kappa shape index (κ2) is 7.14. The molecule has 1 aromatic carbocycles. The second-order valence-corrected chi connectivity index (χ2v) is 4.65. The molecular weight excluding hydrogens is 258 g/mol. The molecule has 0 bridgehead atoms. The molecule has 1 aliphatic rings. The van der Waals surface area contributed by atoms with Gasteiger partial charge in [0.2, 0.25) is 6.10 Å². The zero-order valence-corrected chi connectivity index (χ0v) is 11.9. The summed E-state index contributed by atoms with van der Waals surface area (Å²) in [4.78, 5) is 12.1. The maximum Gasteiger partial charge on any atom is 0.265 e. The third-order valence-corrected chi connectivity index (χ3v) is 3.07. The van der Waals surface area contributed by atoms with Crippen molar-refractivity contribution < 1.29 is 19.0 Å². The number of rotatable bonds is 6. The van der Waals surface area contributed by atoms with Crippen LogP contribution in [0.2, 0.25) is 0 Å². The number of carbonyl (C=O) groups excluding carboxylic acids is 1. The van der Waals surface area contributed by atoms with Crippen LogP contribution in [-0.2, 0) is 9.53 Å². The molecule has 5 nitrogen and oxygen atoms in total. The van der Waals surface area contributed by atoms with Crippen LogP contribution in [0, 0.1) is 0 Å². The first-order valence-corrected chi connectivity index (χ1v) is 7.00. The van der Waals surface area contributed by atoms with E-state index in [1.165, 1.54) is 0 Å². The molecule has 1 heterocycles. The van der Waals surface area contributed by atoms with E-state index in [-0.39, 0.29) is 12.0 Å². The third kappa shape index (κ3) is 3.63. The summed E-state index contributed by atoms with van der Waals surface area (Å²) in [5.74, 6) is 1.14. The SMILES string of the molecule is CCOCCCNC(=O)C1Oc2ccccc2OC1C. The molecule has 0 radical (unpaired) electrons. The van der Waals surface area contributed by atoms with Gasteiger partial charge in [-0.1, -0.05) is 12.1 Å². The van der Waals surface area contributed by atoms with E-state index >= 15 is 0 Å². The fraction of sp³-hybridized carbons (Fsp3) is 0.533. The Morgan fingerprint density at radius 1 is 1.30 bits per heavy atom. The second-order valence-electron chi connectivity index (χ2n) is 4.65. The summed E-state index contributed by atoms with van der Waals surface area (Å²) < 4.78 is 16.6. The average Bonchev–Trinajstić information content (AvgIpc) is 2.46. The third-order valence-electron chi connectivity index (χ3n) is 3.07. The first-order chi connectivity index (χ1) is 9.72. The molecule has 0 aromatic heterocycles. The molecule has 0 fully saturated rings. The van der Waals surface area contributed by atoms with Crippen molar-refractivity contribution in [3.63, 3.8) is 0 Å². The fourth-order valence-electron chi connectivity index (χ4n) is 2.04. The van der Waals surface area contributed by atoms with Crippen LogP contribution in [0.1, 0.15) is 20.3 Å². The highest BCUT2D eigenvalue weighted by Crippen LogP contribution is 2.33. The smallest absolute Gasteiger partial charge is 0.265 e. The molecule has 0 saturated carbocycles. The summed E-state index contributed by atoms with van der Waals surface area (Å²) in [6.07, 6.45) is -0.133. The lowest BCUT2D eigenvalue weighted by molar-refractivity contribution is -0.133. The monoisotopic (exact) mass is 279 g/mol. The van der Waals surface area contributed by atoms with Gasteiger partial charge in [-0.05, 0) is 32.4 Å². The predicted octanol–water partition coefficient (Wildman–Crippen LogP) is 1.76. The predicted molar refractivity (Wildman–Crippen MR) is 75.1 cm³/mol. The van der Waals surface area contributed by atoms with Crippen LogP contribution in [0.15, 0.2) is 24.3 Å². The van der Waals surface area contributed by atoms with Crippen LogP contribution >= 0.6 is 0 Å². The molecule has 0 aliphatic carbocycles. The zero-order valence-electron chi connectivity index (χ0n) is 11.9. The molecule has 20 heavy (non-hydrogen) atoms. The summed E-state index contributed by atoms with van der Waals surface area (Å²) in [5, 5.41) is 2.85. The first-order valence-electron chi connectivity index (χ1n) is 7.00. The number of para-hydroxylation sites is 2. The van der Waals surface area contributed by atoms with Crippen molar-refractivity contribution in [2.75, 3.05) is 19.8 Å². The Labute approximate surface area is 119 Å². The highest BCUT2D eigenvalue weighted by atomic mass is 16.6. The minimum atomic E-state index is -0.614. The number of carbonyl (C=O) groups is 1. The largest absolute Gasteiger partial charge is 0.482 e. The van der Waals surface area contributed by atoms with Crippen molar-refractivity contribution in [2.45, 2.75) is 32.5 Å². The van der Waals surface area contributed by atoms with Crippen LogP contribution in [0.3, 0.4) is 0 Å². The lowest BCUT2D eigenvalue weighted by Gasteiger charge is -2.31. The quantitative estimate of drug-likeness (QED) is 0.806. The number of ether oxygens (including phenoxy) is 3. The number of hydrogen-bond acceptors (Lipinski definition) is 4. The summed E-state index contributed by atoms with van der Waals surface area (Å²) in [7, 11) is 0. The summed E-state index contributed by atoms with van der Waals surface area (Å²) in [5.41, 5.74) is 0. The van der Waals surface area contributed by atoms with Gasteiger partial charge < -0.3 is 19.5 Å². The Morgan fingerprint density at radius 2 is 2.00 bits per heavy atom. The molecule has 2 rings (SSSR count). The van der Waals surface area contributed by atoms with Crippen LogP contribution in [-0.4, -0.2) is 37.9 Å². The average molecular weight is 279 g/mol. The van der Waals surface area contributed by atoms with Crippen molar-refractivity contribution in [2.24, 2.45) is 0 Å². The lowest BCUT2D eigenvalue weighted by Crippen LogP contribution is -2.49. The maximum absolute atomic E-state index is 12.1. The van der Waals surface area contributed by atoms with Crippen molar-refractivity contribution in [3.8, 4) is 11.5 Å². The summed E-state index contributed by atoms with van der Waals surface area (Å²) in [6.45, 7) is 5.71. The van der Waals surface area contributed by atoms with E-state index in [2.05, 4.69) is 5.32 Å². The van der Waals surface area contributed by atoms with Crippen molar-refractivity contribution >= 4 is 5.91 Å². The lowest BCUT2D eigenvalue weighted by atomic mass is 10.1. The van der Waals surface area contributed by atoms with Crippen LogP contribution in [0.5, 0.6) is 11.5 Å². The Morgan fingerprint density at radius 3 is 2.70 bits per heavy atom. The van der Waals surface area contributed by atoms with E-state index in [0.29, 0.717) is 31.3 Å². The minimum Gasteiger partial charge on any atom is -0.482 e. The number of nitrogens with one attached hydrogen (secondary N) is 1. The number of benzene rings is 1. The molecule has 110 valence electrons. The Bertz CT molecular complexity index is 449. The topological polar surface area (TPSA) is 56.8 Å². The van der Waals surface area contributed by atoms with Crippen LogP contribution < -0.4 is 14.8 Å². The molecule has 5 heteroatoms. The Kier molecular flexibility index (Phi) is 5.24. The van der Waals surface area contributed by atoms with E-state index < -0.39 is 6.10 Å². The van der Waals surface area contributed by atoms with Gasteiger partial charge in [-0.15, -0.1) is 0 Å². The van der Waals surface area contributed by atoms with Crippen molar-refractivity contribution in [1.29, 1.82) is 0 Å². The Hall–Kier alpha value is -1.75. The van der Waals surface area contributed by atoms with Gasteiger partial charge >= 0.3 is 0 Å². The van der Waals surface area contributed by atoms with Gasteiger partial charge in [0.05, 0.1) is 0 Å². The molecular formula is C15H21NO4.